The maximum atomic E-state index is 15.4. The Kier molecular flexibility index (Phi) is 5.59. The minimum atomic E-state index is -0.846. The van der Waals surface area contributed by atoms with Gasteiger partial charge in [0.15, 0.2) is 0 Å². The first-order chi connectivity index (χ1) is 14.5. The van der Waals surface area contributed by atoms with Gasteiger partial charge in [0, 0.05) is 24.2 Å². The van der Waals surface area contributed by atoms with Crippen molar-refractivity contribution in [1.82, 2.24) is 4.98 Å². The largest absolute Gasteiger partial charge is 0.496 e. The van der Waals surface area contributed by atoms with Crippen LogP contribution in [0.15, 0.2) is 54.7 Å². The Morgan fingerprint density at radius 3 is 2.73 bits per heavy atom. The van der Waals surface area contributed by atoms with E-state index < -0.39 is 12.0 Å². The van der Waals surface area contributed by atoms with E-state index in [9.17, 15) is 9.90 Å². The van der Waals surface area contributed by atoms with Crippen molar-refractivity contribution in [1.29, 1.82) is 0 Å². The Hall–Kier alpha value is -3.12. The third-order valence-corrected chi connectivity index (χ3v) is 5.55. The zero-order valence-electron chi connectivity index (χ0n) is 16.3. The molecule has 0 aliphatic carbocycles. The number of benzene rings is 2. The van der Waals surface area contributed by atoms with E-state index in [1.807, 2.05) is 6.07 Å². The molecule has 0 unspecified atom stereocenters. The number of halogens is 2. The highest BCUT2D eigenvalue weighted by Gasteiger charge is 2.34. The smallest absolute Gasteiger partial charge is 0.326 e. The van der Waals surface area contributed by atoms with Gasteiger partial charge in [-0.15, -0.1) is 0 Å². The SMILES string of the molecule is COc1ccc(Cc2ccc(N3CC[C@@H]3C(=O)O)nc2)c(F)c1-c1cccc(Cl)c1. The average Bonchev–Trinajstić information content (AvgIpc) is 2.69. The number of carboxylic acid groups (broad SMARTS) is 1. The van der Waals surface area contributed by atoms with Crippen LogP contribution >= 0.6 is 11.6 Å². The zero-order chi connectivity index (χ0) is 21.3. The van der Waals surface area contributed by atoms with Crippen LogP contribution in [0.1, 0.15) is 17.5 Å². The van der Waals surface area contributed by atoms with E-state index in [4.69, 9.17) is 16.3 Å². The van der Waals surface area contributed by atoms with Crippen molar-refractivity contribution < 1.29 is 19.0 Å². The number of hydrogen-bond acceptors (Lipinski definition) is 4. The summed E-state index contributed by atoms with van der Waals surface area (Å²) in [5, 5.41) is 9.71. The summed E-state index contributed by atoms with van der Waals surface area (Å²) < 4.78 is 20.8. The molecule has 0 radical (unpaired) electrons. The second-order valence-electron chi connectivity index (χ2n) is 7.16. The molecule has 1 aromatic heterocycles. The monoisotopic (exact) mass is 426 g/mol. The topological polar surface area (TPSA) is 62.7 Å². The predicted molar refractivity (Wildman–Crippen MR) is 114 cm³/mol. The fourth-order valence-corrected chi connectivity index (χ4v) is 3.84. The van der Waals surface area contributed by atoms with Crippen LogP contribution < -0.4 is 9.64 Å². The Balaban J connectivity index is 1.61. The molecule has 2 aromatic carbocycles. The van der Waals surface area contributed by atoms with Gasteiger partial charge in [0.1, 0.15) is 23.4 Å². The molecule has 7 heteroatoms. The van der Waals surface area contributed by atoms with Crippen molar-refractivity contribution in [2.24, 2.45) is 0 Å². The van der Waals surface area contributed by atoms with E-state index in [1.165, 1.54) is 7.11 Å². The van der Waals surface area contributed by atoms with Gasteiger partial charge in [-0.05, 0) is 47.4 Å². The molecule has 1 aliphatic rings. The van der Waals surface area contributed by atoms with Gasteiger partial charge >= 0.3 is 5.97 Å². The standard InChI is InChI=1S/C23H20ClFN2O3/c1-30-19-7-6-16(22(25)21(19)15-3-2-4-17(24)12-15)11-14-5-8-20(26-13-14)27-10-9-18(27)23(28)29/h2-8,12-13,18H,9-11H2,1H3,(H,28,29)/t18-/m1/s1. The number of carbonyl (C=O) groups is 1. The lowest BCUT2D eigenvalue weighted by Gasteiger charge is -2.38. The van der Waals surface area contributed by atoms with Crippen LogP contribution in [0.5, 0.6) is 5.75 Å². The van der Waals surface area contributed by atoms with E-state index in [1.54, 1.807) is 53.6 Å². The van der Waals surface area contributed by atoms with Gasteiger partial charge < -0.3 is 14.7 Å². The number of nitrogens with zero attached hydrogens (tertiary/aromatic N) is 2. The molecule has 4 rings (SSSR count). The lowest BCUT2D eigenvalue weighted by atomic mass is 9.97. The van der Waals surface area contributed by atoms with E-state index in [-0.39, 0.29) is 5.82 Å². The van der Waals surface area contributed by atoms with Crippen molar-refractivity contribution in [2.75, 3.05) is 18.6 Å². The number of rotatable bonds is 6. The van der Waals surface area contributed by atoms with Crippen LogP contribution in [-0.4, -0.2) is 35.8 Å². The summed E-state index contributed by atoms with van der Waals surface area (Å²) in [7, 11) is 1.51. The second-order valence-corrected chi connectivity index (χ2v) is 7.60. The highest BCUT2D eigenvalue weighted by molar-refractivity contribution is 6.30. The van der Waals surface area contributed by atoms with Crippen LogP contribution in [-0.2, 0) is 11.2 Å². The van der Waals surface area contributed by atoms with Crippen molar-refractivity contribution in [3.63, 3.8) is 0 Å². The number of ether oxygens (including phenoxy) is 1. The molecular weight excluding hydrogens is 407 g/mol. The fourth-order valence-electron chi connectivity index (χ4n) is 3.65. The molecule has 1 saturated heterocycles. The summed E-state index contributed by atoms with van der Waals surface area (Å²) >= 11 is 6.09. The molecule has 30 heavy (non-hydrogen) atoms. The molecule has 0 spiro atoms. The fraction of sp³-hybridized carbons (Fsp3) is 0.217. The molecule has 1 N–H and O–H groups in total. The van der Waals surface area contributed by atoms with Gasteiger partial charge in [0.25, 0.3) is 0 Å². The number of pyridine rings is 1. The first-order valence-electron chi connectivity index (χ1n) is 9.53. The average molecular weight is 427 g/mol. The highest BCUT2D eigenvalue weighted by Crippen LogP contribution is 2.36. The molecule has 1 fully saturated rings. The van der Waals surface area contributed by atoms with Crippen molar-refractivity contribution in [3.8, 4) is 16.9 Å². The quantitative estimate of drug-likeness (QED) is 0.613. The summed E-state index contributed by atoms with van der Waals surface area (Å²) in [6.07, 6.45) is 2.62. The maximum absolute atomic E-state index is 15.4. The number of hydrogen-bond donors (Lipinski definition) is 1. The molecule has 3 aromatic rings. The van der Waals surface area contributed by atoms with E-state index in [0.29, 0.717) is 52.7 Å². The molecule has 2 heterocycles. The first kappa shape index (κ1) is 20.2. The van der Waals surface area contributed by atoms with Crippen LogP contribution in [0.25, 0.3) is 11.1 Å². The number of anilines is 1. The van der Waals surface area contributed by atoms with Gasteiger partial charge in [-0.2, -0.15) is 0 Å². The minimum absolute atomic E-state index is 0.346. The molecule has 0 bridgehead atoms. The number of methoxy groups -OCH3 is 1. The van der Waals surface area contributed by atoms with Gasteiger partial charge in [0.2, 0.25) is 0 Å². The Morgan fingerprint density at radius 2 is 2.13 bits per heavy atom. The van der Waals surface area contributed by atoms with Crippen LogP contribution in [0.4, 0.5) is 10.2 Å². The Bertz CT molecular complexity index is 1090. The van der Waals surface area contributed by atoms with Crippen molar-refractivity contribution >= 4 is 23.4 Å². The van der Waals surface area contributed by atoms with Crippen molar-refractivity contribution in [3.05, 3.63) is 76.7 Å². The van der Waals surface area contributed by atoms with Crippen LogP contribution in [0, 0.1) is 5.82 Å². The summed E-state index contributed by atoms with van der Waals surface area (Å²) in [5.41, 5.74) is 2.34. The van der Waals surface area contributed by atoms with Crippen LogP contribution in [0.2, 0.25) is 5.02 Å². The third kappa shape index (κ3) is 3.83. The summed E-state index contributed by atoms with van der Waals surface area (Å²) in [6.45, 7) is 0.666. The van der Waals surface area contributed by atoms with Gasteiger partial charge in [-0.3, -0.25) is 0 Å². The number of aliphatic carboxylic acids is 1. The van der Waals surface area contributed by atoms with E-state index in [0.717, 1.165) is 5.56 Å². The molecule has 0 saturated carbocycles. The normalized spacial score (nSPS) is 15.6. The van der Waals surface area contributed by atoms with Gasteiger partial charge in [-0.25, -0.2) is 14.2 Å². The summed E-state index contributed by atoms with van der Waals surface area (Å²) in [6, 6.07) is 13.5. The lowest BCUT2D eigenvalue weighted by Crippen LogP contribution is -2.52. The van der Waals surface area contributed by atoms with E-state index >= 15 is 4.39 Å². The predicted octanol–water partition coefficient (Wildman–Crippen LogP) is 4.80. The molecule has 0 amide bonds. The molecule has 1 atom stereocenters. The van der Waals surface area contributed by atoms with Gasteiger partial charge in [0.05, 0.1) is 12.7 Å². The number of aromatic nitrogens is 1. The summed E-state index contributed by atoms with van der Waals surface area (Å²) in [5.74, 6) is -0.160. The third-order valence-electron chi connectivity index (χ3n) is 5.32. The second kappa shape index (κ2) is 8.32. The Labute approximate surface area is 178 Å². The zero-order valence-corrected chi connectivity index (χ0v) is 17.1. The van der Waals surface area contributed by atoms with Crippen molar-refractivity contribution in [2.45, 2.75) is 18.9 Å². The lowest BCUT2D eigenvalue weighted by molar-refractivity contribution is -0.140. The van der Waals surface area contributed by atoms with E-state index in [2.05, 4.69) is 4.98 Å². The van der Waals surface area contributed by atoms with Crippen LogP contribution in [0.3, 0.4) is 0 Å². The van der Waals surface area contributed by atoms with Gasteiger partial charge in [-0.1, -0.05) is 35.9 Å². The molecule has 1 aliphatic heterocycles. The maximum Gasteiger partial charge on any atom is 0.326 e. The highest BCUT2D eigenvalue weighted by atomic mass is 35.5. The number of carboxylic acids is 1. The molecule has 5 nitrogen and oxygen atoms in total. The molecule has 154 valence electrons. The minimum Gasteiger partial charge on any atom is -0.496 e. The first-order valence-corrected chi connectivity index (χ1v) is 9.91. The Morgan fingerprint density at radius 1 is 1.30 bits per heavy atom. The molecular formula is C23H20ClFN2O3. The summed E-state index contributed by atoms with van der Waals surface area (Å²) in [4.78, 5) is 17.3.